The van der Waals surface area contributed by atoms with E-state index in [0.717, 1.165) is 5.41 Å². The molecule has 2 heterocycles. The quantitative estimate of drug-likeness (QED) is 0.743. The summed E-state index contributed by atoms with van der Waals surface area (Å²) in [5.41, 5.74) is 0.771. The lowest BCUT2D eigenvalue weighted by molar-refractivity contribution is -0.121. The zero-order valence-electron chi connectivity index (χ0n) is 14.0. The van der Waals surface area contributed by atoms with Gasteiger partial charge in [-0.1, -0.05) is 18.2 Å². The van der Waals surface area contributed by atoms with Crippen LogP contribution in [0.5, 0.6) is 0 Å². The largest absolute Gasteiger partial charge is 0.469 e. The number of amides is 1. The van der Waals surface area contributed by atoms with Crippen LogP contribution in [0.1, 0.15) is 16.1 Å². The van der Waals surface area contributed by atoms with Crippen molar-refractivity contribution < 1.29 is 27.2 Å². The SMILES string of the molecule is Cc1occc1C(=O)OCC(=O)N(c1ccccc1)[C@H]1C=CS(=O)(=O)C1. The van der Waals surface area contributed by atoms with Gasteiger partial charge in [0.1, 0.15) is 11.3 Å². The van der Waals surface area contributed by atoms with E-state index < -0.39 is 34.4 Å². The Bertz CT molecular complexity index is 945. The molecule has 0 spiro atoms. The zero-order chi connectivity index (χ0) is 18.7. The lowest BCUT2D eigenvalue weighted by Crippen LogP contribution is -2.43. The summed E-state index contributed by atoms with van der Waals surface area (Å²) in [5.74, 6) is -1.00. The van der Waals surface area contributed by atoms with E-state index in [2.05, 4.69) is 0 Å². The van der Waals surface area contributed by atoms with Gasteiger partial charge >= 0.3 is 5.97 Å². The highest BCUT2D eigenvalue weighted by Crippen LogP contribution is 2.23. The van der Waals surface area contributed by atoms with Gasteiger partial charge in [-0.15, -0.1) is 0 Å². The second-order valence-electron chi connectivity index (χ2n) is 5.79. The summed E-state index contributed by atoms with van der Waals surface area (Å²) < 4.78 is 33.6. The van der Waals surface area contributed by atoms with Gasteiger partial charge in [0.15, 0.2) is 16.4 Å². The van der Waals surface area contributed by atoms with E-state index in [1.807, 2.05) is 0 Å². The molecule has 1 aliphatic rings. The first kappa shape index (κ1) is 17.9. The van der Waals surface area contributed by atoms with E-state index in [1.54, 1.807) is 37.3 Å². The van der Waals surface area contributed by atoms with Crippen LogP contribution in [-0.2, 0) is 19.4 Å². The molecule has 0 radical (unpaired) electrons. The van der Waals surface area contributed by atoms with Crippen LogP contribution in [0.3, 0.4) is 0 Å². The molecule has 0 bridgehead atoms. The summed E-state index contributed by atoms with van der Waals surface area (Å²) >= 11 is 0. The summed E-state index contributed by atoms with van der Waals surface area (Å²) in [5, 5.41) is 1.10. The molecule has 2 aromatic rings. The Hall–Kier alpha value is -2.87. The molecule has 3 rings (SSSR count). The van der Waals surface area contributed by atoms with Gasteiger partial charge in [0.2, 0.25) is 0 Å². The fourth-order valence-corrected chi connectivity index (χ4v) is 3.97. The van der Waals surface area contributed by atoms with Gasteiger partial charge in [0.05, 0.1) is 18.1 Å². The van der Waals surface area contributed by atoms with Crippen molar-refractivity contribution in [3.05, 3.63) is 65.5 Å². The highest BCUT2D eigenvalue weighted by Gasteiger charge is 2.32. The molecule has 8 heteroatoms. The monoisotopic (exact) mass is 375 g/mol. The second kappa shape index (κ2) is 7.17. The Morgan fingerprint density at radius 1 is 1.23 bits per heavy atom. The van der Waals surface area contributed by atoms with Gasteiger partial charge in [-0.2, -0.15) is 0 Å². The Morgan fingerprint density at radius 2 is 1.96 bits per heavy atom. The molecule has 0 fully saturated rings. The van der Waals surface area contributed by atoms with Crippen LogP contribution in [0.4, 0.5) is 5.69 Å². The predicted molar refractivity (Wildman–Crippen MR) is 94.4 cm³/mol. The molecule has 1 aromatic heterocycles. The third kappa shape index (κ3) is 3.85. The van der Waals surface area contributed by atoms with Gasteiger partial charge in [-0.25, -0.2) is 13.2 Å². The second-order valence-corrected chi connectivity index (χ2v) is 7.72. The molecular weight excluding hydrogens is 358 g/mol. The Morgan fingerprint density at radius 3 is 2.54 bits per heavy atom. The third-order valence-corrected chi connectivity index (χ3v) is 5.33. The van der Waals surface area contributed by atoms with Crippen LogP contribution in [0.15, 0.2) is 58.6 Å². The topological polar surface area (TPSA) is 93.9 Å². The fraction of sp³-hybridized carbons (Fsp3) is 0.222. The Labute approximate surface area is 150 Å². The van der Waals surface area contributed by atoms with E-state index in [9.17, 15) is 18.0 Å². The number of furan rings is 1. The predicted octanol–water partition coefficient (Wildman–Crippen LogP) is 2.09. The molecular formula is C18H17NO6S. The smallest absolute Gasteiger partial charge is 0.342 e. The fourth-order valence-electron chi connectivity index (χ4n) is 2.70. The number of benzene rings is 1. The molecule has 0 saturated heterocycles. The molecule has 136 valence electrons. The molecule has 1 aliphatic heterocycles. The standard InChI is InChI=1S/C18H17NO6S/c1-13-16(7-9-24-13)18(21)25-11-17(20)19(14-5-3-2-4-6-14)15-8-10-26(22,23)12-15/h2-10,15H,11-12H2,1H3/t15-/m0/s1. The number of anilines is 1. The normalized spacial score (nSPS) is 17.8. The van der Waals surface area contributed by atoms with E-state index in [4.69, 9.17) is 9.15 Å². The Kier molecular flexibility index (Phi) is 4.94. The summed E-state index contributed by atoms with van der Waals surface area (Å²) in [7, 11) is -3.35. The molecule has 0 N–H and O–H groups in total. The maximum Gasteiger partial charge on any atom is 0.342 e. The molecule has 1 aromatic carbocycles. The van der Waals surface area contributed by atoms with Crippen LogP contribution in [-0.4, -0.2) is 38.7 Å². The van der Waals surface area contributed by atoms with Crippen molar-refractivity contribution >= 4 is 27.4 Å². The zero-order valence-corrected chi connectivity index (χ0v) is 14.8. The highest BCUT2D eigenvalue weighted by atomic mass is 32.2. The van der Waals surface area contributed by atoms with Crippen molar-refractivity contribution in [1.29, 1.82) is 0 Å². The van der Waals surface area contributed by atoms with E-state index in [1.165, 1.54) is 23.3 Å². The number of carbonyl (C=O) groups is 2. The van der Waals surface area contributed by atoms with E-state index >= 15 is 0 Å². The number of para-hydroxylation sites is 1. The first-order valence-corrected chi connectivity index (χ1v) is 9.58. The van der Waals surface area contributed by atoms with Crippen LogP contribution < -0.4 is 4.90 Å². The molecule has 1 amide bonds. The first-order valence-electron chi connectivity index (χ1n) is 7.87. The first-order chi connectivity index (χ1) is 12.4. The lowest BCUT2D eigenvalue weighted by Gasteiger charge is -2.27. The number of sulfone groups is 1. The summed E-state index contributed by atoms with van der Waals surface area (Å²) in [4.78, 5) is 26.1. The molecule has 0 aliphatic carbocycles. The molecule has 0 saturated carbocycles. The van der Waals surface area contributed by atoms with Crippen LogP contribution >= 0.6 is 0 Å². The molecule has 1 atom stereocenters. The van der Waals surface area contributed by atoms with Crippen LogP contribution in [0.25, 0.3) is 0 Å². The maximum absolute atomic E-state index is 12.7. The average Bonchev–Trinajstić information content (AvgIpc) is 3.19. The molecule has 0 unspecified atom stereocenters. The van der Waals surface area contributed by atoms with Gasteiger partial charge in [-0.05, 0) is 31.2 Å². The number of hydrogen-bond acceptors (Lipinski definition) is 6. The van der Waals surface area contributed by atoms with E-state index in [-0.39, 0.29) is 11.3 Å². The Balaban J connectivity index is 1.77. The van der Waals surface area contributed by atoms with Crippen LogP contribution in [0.2, 0.25) is 0 Å². The van der Waals surface area contributed by atoms with Crippen molar-refractivity contribution in [3.63, 3.8) is 0 Å². The van der Waals surface area contributed by atoms with E-state index in [0.29, 0.717) is 11.4 Å². The lowest BCUT2D eigenvalue weighted by atomic mass is 10.2. The van der Waals surface area contributed by atoms with Crippen molar-refractivity contribution in [2.75, 3.05) is 17.3 Å². The molecule has 7 nitrogen and oxygen atoms in total. The summed E-state index contributed by atoms with van der Waals surface area (Å²) in [6.07, 6.45) is 2.82. The van der Waals surface area contributed by atoms with Crippen LogP contribution in [0, 0.1) is 6.92 Å². The van der Waals surface area contributed by atoms with Gasteiger partial charge < -0.3 is 14.1 Å². The minimum Gasteiger partial charge on any atom is -0.469 e. The minimum atomic E-state index is -3.35. The highest BCUT2D eigenvalue weighted by molar-refractivity contribution is 7.94. The van der Waals surface area contributed by atoms with Gasteiger partial charge in [0.25, 0.3) is 5.91 Å². The maximum atomic E-state index is 12.7. The number of esters is 1. The van der Waals surface area contributed by atoms with Gasteiger partial charge in [-0.3, -0.25) is 4.79 Å². The third-order valence-electron chi connectivity index (χ3n) is 3.95. The summed E-state index contributed by atoms with van der Waals surface area (Å²) in [6, 6.07) is 9.47. The minimum absolute atomic E-state index is 0.206. The number of nitrogens with zero attached hydrogens (tertiary/aromatic N) is 1. The van der Waals surface area contributed by atoms with Crippen molar-refractivity contribution in [3.8, 4) is 0 Å². The number of carbonyl (C=O) groups excluding carboxylic acids is 2. The summed E-state index contributed by atoms with van der Waals surface area (Å²) in [6.45, 7) is 1.10. The number of ether oxygens (including phenoxy) is 1. The van der Waals surface area contributed by atoms with Crippen molar-refractivity contribution in [2.24, 2.45) is 0 Å². The van der Waals surface area contributed by atoms with Crippen molar-refractivity contribution in [2.45, 2.75) is 13.0 Å². The molecule has 26 heavy (non-hydrogen) atoms. The number of aryl methyl sites for hydroxylation is 1. The number of rotatable bonds is 5. The van der Waals surface area contributed by atoms with Crippen molar-refractivity contribution in [1.82, 2.24) is 0 Å². The average molecular weight is 375 g/mol. The van der Waals surface area contributed by atoms with Gasteiger partial charge in [0, 0.05) is 11.1 Å². The number of hydrogen-bond donors (Lipinski definition) is 0.